The van der Waals surface area contributed by atoms with Gasteiger partial charge in [-0.15, -0.1) is 0 Å². The van der Waals surface area contributed by atoms with Gasteiger partial charge in [-0.25, -0.2) is 9.97 Å². The first-order valence-corrected chi connectivity index (χ1v) is 10.9. The van der Waals surface area contributed by atoms with E-state index in [1.807, 2.05) is 24.3 Å². The number of H-pyrrole nitrogens is 2. The number of aromatic nitrogens is 6. The monoisotopic (exact) mass is 420 g/mol. The number of nitrogens with one attached hydrogen (secondary N) is 2. The minimum Gasteiger partial charge on any atom is -0.259 e. The average molecular weight is 421 g/mol. The van der Waals surface area contributed by atoms with E-state index in [9.17, 15) is 0 Å². The quantitative estimate of drug-likeness (QED) is 0.368. The van der Waals surface area contributed by atoms with Gasteiger partial charge in [-0.05, 0) is 30.0 Å². The van der Waals surface area contributed by atoms with Crippen LogP contribution >= 0.6 is 0 Å². The van der Waals surface area contributed by atoms with E-state index >= 15 is 0 Å². The molecule has 0 bridgehead atoms. The Morgan fingerprint density at radius 1 is 0.562 bits per heavy atom. The Labute approximate surface area is 186 Å². The van der Waals surface area contributed by atoms with Gasteiger partial charge in [0.2, 0.25) is 0 Å². The summed E-state index contributed by atoms with van der Waals surface area (Å²) in [6.07, 6.45) is 2.03. The highest BCUT2D eigenvalue weighted by atomic mass is 15.2. The molecule has 0 saturated carbocycles. The summed E-state index contributed by atoms with van der Waals surface area (Å²) in [6.45, 7) is 4.29. The molecule has 2 aromatic heterocycles. The number of aromatic amines is 2. The highest BCUT2D eigenvalue weighted by Gasteiger charge is 2.12. The van der Waals surface area contributed by atoms with E-state index in [0.717, 1.165) is 46.7 Å². The van der Waals surface area contributed by atoms with Gasteiger partial charge in [0.05, 0.1) is 0 Å². The van der Waals surface area contributed by atoms with Gasteiger partial charge in [-0.1, -0.05) is 80.6 Å². The Hall–Kier alpha value is -4.06. The standard InChI is InChI=1S/C26H24N6/c1-3-17-8-12-19(13-9-17)23-27-25(31-29-23)21-6-5-7-22(16-21)26-28-24(30-32-26)20-14-10-18(4-2)11-15-20/h5-16H,3-4H2,1-2H3,(H,27,29,31)(H,28,30,32). The molecule has 0 fully saturated rings. The van der Waals surface area contributed by atoms with Crippen LogP contribution in [0.4, 0.5) is 0 Å². The van der Waals surface area contributed by atoms with Gasteiger partial charge >= 0.3 is 0 Å². The molecule has 5 rings (SSSR count). The van der Waals surface area contributed by atoms with E-state index in [0.29, 0.717) is 11.6 Å². The molecule has 0 radical (unpaired) electrons. The normalized spacial score (nSPS) is 11.1. The van der Waals surface area contributed by atoms with Crippen molar-refractivity contribution in [3.8, 4) is 45.6 Å². The summed E-state index contributed by atoms with van der Waals surface area (Å²) in [7, 11) is 0. The predicted octanol–water partition coefficient (Wildman–Crippen LogP) is 5.72. The van der Waals surface area contributed by atoms with Crippen LogP contribution in [-0.2, 0) is 12.8 Å². The maximum absolute atomic E-state index is 4.69. The summed E-state index contributed by atoms with van der Waals surface area (Å²) >= 11 is 0. The van der Waals surface area contributed by atoms with E-state index in [1.54, 1.807) is 0 Å². The van der Waals surface area contributed by atoms with Crippen LogP contribution in [0.3, 0.4) is 0 Å². The average Bonchev–Trinajstić information content (AvgIpc) is 3.55. The van der Waals surface area contributed by atoms with Crippen molar-refractivity contribution in [2.75, 3.05) is 0 Å². The molecule has 0 amide bonds. The predicted molar refractivity (Wildman–Crippen MR) is 127 cm³/mol. The molecule has 0 unspecified atom stereocenters. The summed E-state index contributed by atoms with van der Waals surface area (Å²) in [4.78, 5) is 9.39. The zero-order chi connectivity index (χ0) is 21.9. The van der Waals surface area contributed by atoms with Gasteiger partial charge in [0.1, 0.15) is 0 Å². The number of hydrogen-bond acceptors (Lipinski definition) is 4. The van der Waals surface area contributed by atoms with Crippen molar-refractivity contribution in [1.29, 1.82) is 0 Å². The molecule has 5 aromatic rings. The molecule has 3 aromatic carbocycles. The molecule has 2 heterocycles. The van der Waals surface area contributed by atoms with Gasteiger partial charge in [0, 0.05) is 22.3 Å². The largest absolute Gasteiger partial charge is 0.259 e. The third kappa shape index (κ3) is 3.95. The number of hydrogen-bond donors (Lipinski definition) is 2. The van der Waals surface area contributed by atoms with Crippen LogP contribution in [0.15, 0.2) is 72.8 Å². The SMILES string of the molecule is CCc1ccc(-c2nc(-c3cccc(-c4n[nH]c(-c5ccc(CC)cc5)n4)c3)n[nH]2)cc1. The van der Waals surface area contributed by atoms with Crippen molar-refractivity contribution in [2.45, 2.75) is 26.7 Å². The van der Waals surface area contributed by atoms with Crippen LogP contribution in [0, 0.1) is 0 Å². The Kier molecular flexibility index (Phi) is 5.34. The third-order valence-electron chi connectivity index (χ3n) is 5.62. The molecule has 0 spiro atoms. The third-order valence-corrected chi connectivity index (χ3v) is 5.62. The fraction of sp³-hybridized carbons (Fsp3) is 0.154. The molecule has 0 aliphatic heterocycles. The topological polar surface area (TPSA) is 83.1 Å². The summed E-state index contributed by atoms with van der Waals surface area (Å²) in [5.41, 5.74) is 6.46. The van der Waals surface area contributed by atoms with Gasteiger partial charge in [-0.2, -0.15) is 10.2 Å². The van der Waals surface area contributed by atoms with Crippen molar-refractivity contribution in [2.24, 2.45) is 0 Å². The molecule has 0 atom stereocenters. The van der Waals surface area contributed by atoms with Crippen molar-refractivity contribution in [3.63, 3.8) is 0 Å². The number of nitrogens with zero attached hydrogens (tertiary/aromatic N) is 4. The smallest absolute Gasteiger partial charge is 0.181 e. The zero-order valence-corrected chi connectivity index (χ0v) is 18.1. The van der Waals surface area contributed by atoms with Gasteiger partial charge in [0.25, 0.3) is 0 Å². The van der Waals surface area contributed by atoms with Gasteiger partial charge in [-0.3, -0.25) is 10.2 Å². The Morgan fingerprint density at radius 3 is 1.41 bits per heavy atom. The molecule has 32 heavy (non-hydrogen) atoms. The van der Waals surface area contributed by atoms with Crippen molar-refractivity contribution >= 4 is 0 Å². The second-order valence-corrected chi connectivity index (χ2v) is 7.70. The molecule has 6 nitrogen and oxygen atoms in total. The van der Waals surface area contributed by atoms with Gasteiger partial charge < -0.3 is 0 Å². The lowest BCUT2D eigenvalue weighted by Gasteiger charge is -2.00. The fourth-order valence-electron chi connectivity index (χ4n) is 3.63. The number of aryl methyl sites for hydroxylation is 2. The fourth-order valence-corrected chi connectivity index (χ4v) is 3.63. The van der Waals surface area contributed by atoms with E-state index in [-0.39, 0.29) is 0 Å². The Morgan fingerprint density at radius 2 is 1.00 bits per heavy atom. The minimum atomic E-state index is 0.646. The lowest BCUT2D eigenvalue weighted by molar-refractivity contribution is 1.09. The van der Waals surface area contributed by atoms with Gasteiger partial charge in [0.15, 0.2) is 23.3 Å². The van der Waals surface area contributed by atoms with Crippen LogP contribution < -0.4 is 0 Å². The summed E-state index contributed by atoms with van der Waals surface area (Å²) < 4.78 is 0. The number of rotatable bonds is 6. The summed E-state index contributed by atoms with van der Waals surface area (Å²) in [5.74, 6) is 2.80. The van der Waals surface area contributed by atoms with Crippen molar-refractivity contribution in [3.05, 3.63) is 83.9 Å². The summed E-state index contributed by atoms with van der Waals surface area (Å²) in [5, 5.41) is 15.0. The van der Waals surface area contributed by atoms with E-state index in [4.69, 9.17) is 9.97 Å². The first-order chi connectivity index (χ1) is 15.7. The van der Waals surface area contributed by atoms with Crippen LogP contribution in [0.25, 0.3) is 45.6 Å². The molecule has 0 aliphatic rings. The first kappa shape index (κ1) is 19.9. The second-order valence-electron chi connectivity index (χ2n) is 7.70. The van der Waals surface area contributed by atoms with E-state index < -0.39 is 0 Å². The maximum atomic E-state index is 4.69. The lowest BCUT2D eigenvalue weighted by Crippen LogP contribution is -1.86. The van der Waals surface area contributed by atoms with Crippen LogP contribution in [0.2, 0.25) is 0 Å². The molecule has 158 valence electrons. The van der Waals surface area contributed by atoms with Crippen LogP contribution in [0.5, 0.6) is 0 Å². The second kappa shape index (κ2) is 8.59. The first-order valence-electron chi connectivity index (χ1n) is 10.9. The van der Waals surface area contributed by atoms with Crippen LogP contribution in [-0.4, -0.2) is 30.4 Å². The van der Waals surface area contributed by atoms with Crippen molar-refractivity contribution < 1.29 is 0 Å². The maximum Gasteiger partial charge on any atom is 0.181 e. The Balaban J connectivity index is 1.40. The summed E-state index contributed by atoms with van der Waals surface area (Å²) in [6, 6.07) is 24.7. The minimum absolute atomic E-state index is 0.646. The lowest BCUT2D eigenvalue weighted by atomic mass is 10.1. The molecular weight excluding hydrogens is 396 g/mol. The highest BCUT2D eigenvalue weighted by molar-refractivity contribution is 5.69. The van der Waals surface area contributed by atoms with Crippen LogP contribution in [0.1, 0.15) is 25.0 Å². The molecule has 2 N–H and O–H groups in total. The molecule has 0 aliphatic carbocycles. The number of benzene rings is 3. The highest BCUT2D eigenvalue weighted by Crippen LogP contribution is 2.26. The van der Waals surface area contributed by atoms with E-state index in [2.05, 4.69) is 82.8 Å². The van der Waals surface area contributed by atoms with E-state index in [1.165, 1.54) is 11.1 Å². The zero-order valence-electron chi connectivity index (χ0n) is 18.1. The molecule has 0 saturated heterocycles. The molecule has 6 heteroatoms. The molecular formula is C26H24N6. The van der Waals surface area contributed by atoms with Crippen molar-refractivity contribution in [1.82, 2.24) is 30.4 Å². The Bertz CT molecular complexity index is 1230.